The van der Waals surface area contributed by atoms with Crippen LogP contribution in [-0.4, -0.2) is 6.61 Å². The molecule has 1 aromatic carbocycles. The number of rotatable bonds is 3. The van der Waals surface area contributed by atoms with Gasteiger partial charge in [0, 0.05) is 4.47 Å². The molecule has 14 heavy (non-hydrogen) atoms. The molecule has 0 unspecified atom stereocenters. The number of benzene rings is 1. The standard InChI is InChI=1S/C11H14BrNO/c1-7(2)6-14-11-8(3)4-9(12)5-10(11)13/h4-5H,1,6,13H2,2-3H3. The van der Waals surface area contributed by atoms with Crippen LogP contribution in [-0.2, 0) is 0 Å². The molecule has 0 amide bonds. The second-order valence-corrected chi connectivity index (χ2v) is 4.30. The van der Waals surface area contributed by atoms with Crippen molar-refractivity contribution in [2.75, 3.05) is 12.3 Å². The third-order valence-electron chi connectivity index (χ3n) is 1.73. The lowest BCUT2D eigenvalue weighted by Crippen LogP contribution is -2.02. The van der Waals surface area contributed by atoms with Gasteiger partial charge in [0.2, 0.25) is 0 Å². The lowest BCUT2D eigenvalue weighted by atomic mass is 10.2. The molecule has 3 heteroatoms. The van der Waals surface area contributed by atoms with Crippen molar-refractivity contribution < 1.29 is 4.74 Å². The van der Waals surface area contributed by atoms with E-state index in [-0.39, 0.29) is 0 Å². The molecule has 0 aliphatic rings. The predicted octanol–water partition coefficient (Wildman–Crippen LogP) is 3.29. The Balaban J connectivity index is 2.91. The van der Waals surface area contributed by atoms with Crippen LogP contribution in [0.3, 0.4) is 0 Å². The van der Waals surface area contributed by atoms with Gasteiger partial charge in [-0.15, -0.1) is 0 Å². The van der Waals surface area contributed by atoms with E-state index in [9.17, 15) is 0 Å². The zero-order valence-electron chi connectivity index (χ0n) is 8.43. The number of anilines is 1. The van der Waals surface area contributed by atoms with Gasteiger partial charge in [-0.3, -0.25) is 0 Å². The fourth-order valence-electron chi connectivity index (χ4n) is 1.15. The Kier molecular flexibility index (Phi) is 3.58. The zero-order valence-corrected chi connectivity index (χ0v) is 10.0. The van der Waals surface area contributed by atoms with E-state index in [0.29, 0.717) is 12.3 Å². The summed E-state index contributed by atoms with van der Waals surface area (Å²) in [4.78, 5) is 0. The number of ether oxygens (including phenoxy) is 1. The molecule has 2 nitrogen and oxygen atoms in total. The predicted molar refractivity (Wildman–Crippen MR) is 63.6 cm³/mol. The zero-order chi connectivity index (χ0) is 10.7. The molecule has 0 saturated heterocycles. The van der Waals surface area contributed by atoms with E-state index in [2.05, 4.69) is 22.5 Å². The fourth-order valence-corrected chi connectivity index (χ4v) is 1.74. The molecular weight excluding hydrogens is 242 g/mol. The lowest BCUT2D eigenvalue weighted by molar-refractivity contribution is 0.352. The van der Waals surface area contributed by atoms with Crippen molar-refractivity contribution in [2.24, 2.45) is 0 Å². The lowest BCUT2D eigenvalue weighted by Gasteiger charge is -2.12. The maximum atomic E-state index is 5.82. The summed E-state index contributed by atoms with van der Waals surface area (Å²) >= 11 is 3.37. The summed E-state index contributed by atoms with van der Waals surface area (Å²) in [6.45, 7) is 8.17. The maximum Gasteiger partial charge on any atom is 0.145 e. The molecule has 0 aromatic heterocycles. The van der Waals surface area contributed by atoms with E-state index < -0.39 is 0 Å². The fraction of sp³-hybridized carbons (Fsp3) is 0.273. The number of hydrogen-bond donors (Lipinski definition) is 1. The molecule has 0 fully saturated rings. The first-order valence-corrected chi connectivity index (χ1v) is 5.13. The highest BCUT2D eigenvalue weighted by molar-refractivity contribution is 9.10. The van der Waals surface area contributed by atoms with E-state index in [1.807, 2.05) is 26.0 Å². The summed E-state index contributed by atoms with van der Waals surface area (Å²) in [7, 11) is 0. The minimum atomic E-state index is 0.507. The van der Waals surface area contributed by atoms with Crippen molar-refractivity contribution >= 4 is 21.6 Å². The van der Waals surface area contributed by atoms with Gasteiger partial charge in [0.1, 0.15) is 12.4 Å². The average molecular weight is 256 g/mol. The summed E-state index contributed by atoms with van der Waals surface area (Å²) in [6, 6.07) is 3.81. The van der Waals surface area contributed by atoms with Crippen LogP contribution in [0.15, 0.2) is 28.8 Å². The number of aryl methyl sites for hydroxylation is 1. The quantitative estimate of drug-likeness (QED) is 0.665. The van der Waals surface area contributed by atoms with Crippen molar-refractivity contribution in [1.82, 2.24) is 0 Å². The topological polar surface area (TPSA) is 35.2 Å². The van der Waals surface area contributed by atoms with Crippen molar-refractivity contribution in [3.8, 4) is 5.75 Å². The Hall–Kier alpha value is -0.960. The third-order valence-corrected chi connectivity index (χ3v) is 2.19. The highest BCUT2D eigenvalue weighted by Crippen LogP contribution is 2.30. The van der Waals surface area contributed by atoms with Crippen molar-refractivity contribution in [2.45, 2.75) is 13.8 Å². The molecule has 0 radical (unpaired) electrons. The Morgan fingerprint density at radius 3 is 2.71 bits per heavy atom. The summed E-state index contributed by atoms with van der Waals surface area (Å²) in [5.74, 6) is 0.746. The van der Waals surface area contributed by atoms with Crippen LogP contribution in [0, 0.1) is 6.92 Å². The van der Waals surface area contributed by atoms with Gasteiger partial charge in [-0.05, 0) is 37.1 Å². The number of nitrogens with two attached hydrogens (primary N) is 1. The molecule has 0 atom stereocenters. The van der Waals surface area contributed by atoms with Crippen LogP contribution < -0.4 is 10.5 Å². The average Bonchev–Trinajstić information content (AvgIpc) is 2.01. The molecule has 0 spiro atoms. The first kappa shape index (κ1) is 11.1. The highest BCUT2D eigenvalue weighted by Gasteiger charge is 2.05. The van der Waals surface area contributed by atoms with Crippen molar-refractivity contribution in [3.63, 3.8) is 0 Å². The second-order valence-electron chi connectivity index (χ2n) is 3.39. The van der Waals surface area contributed by atoms with E-state index >= 15 is 0 Å². The Bertz CT molecular complexity index is 337. The minimum absolute atomic E-state index is 0.507. The van der Waals surface area contributed by atoms with Crippen LogP contribution >= 0.6 is 15.9 Å². The molecule has 1 aromatic rings. The van der Waals surface area contributed by atoms with E-state index in [4.69, 9.17) is 10.5 Å². The van der Waals surface area contributed by atoms with Crippen LogP contribution in [0.25, 0.3) is 0 Å². The number of halogens is 1. The largest absolute Gasteiger partial charge is 0.487 e. The molecule has 0 aliphatic heterocycles. The minimum Gasteiger partial charge on any atom is -0.487 e. The highest BCUT2D eigenvalue weighted by atomic mass is 79.9. The Morgan fingerprint density at radius 2 is 2.21 bits per heavy atom. The summed E-state index contributed by atoms with van der Waals surface area (Å²) in [6.07, 6.45) is 0. The van der Waals surface area contributed by atoms with Gasteiger partial charge >= 0.3 is 0 Å². The molecule has 0 aliphatic carbocycles. The number of hydrogen-bond acceptors (Lipinski definition) is 2. The molecule has 76 valence electrons. The smallest absolute Gasteiger partial charge is 0.145 e. The van der Waals surface area contributed by atoms with Crippen LogP contribution in [0.4, 0.5) is 5.69 Å². The van der Waals surface area contributed by atoms with E-state index in [0.717, 1.165) is 21.4 Å². The van der Waals surface area contributed by atoms with Gasteiger partial charge in [0.05, 0.1) is 5.69 Å². The Morgan fingerprint density at radius 1 is 1.57 bits per heavy atom. The molecule has 0 heterocycles. The van der Waals surface area contributed by atoms with Gasteiger partial charge in [-0.25, -0.2) is 0 Å². The maximum absolute atomic E-state index is 5.82. The van der Waals surface area contributed by atoms with Gasteiger partial charge in [-0.2, -0.15) is 0 Å². The number of nitrogen functional groups attached to an aromatic ring is 1. The van der Waals surface area contributed by atoms with Gasteiger partial charge in [-0.1, -0.05) is 22.5 Å². The SMILES string of the molecule is C=C(C)COc1c(C)cc(Br)cc1N. The first-order valence-electron chi connectivity index (χ1n) is 4.33. The van der Waals surface area contributed by atoms with E-state index in [1.165, 1.54) is 0 Å². The van der Waals surface area contributed by atoms with Crippen LogP contribution in [0.5, 0.6) is 5.75 Å². The normalized spacial score (nSPS) is 9.93. The third kappa shape index (κ3) is 2.77. The summed E-state index contributed by atoms with van der Waals surface area (Å²) < 4.78 is 6.51. The molecule has 2 N–H and O–H groups in total. The first-order chi connectivity index (χ1) is 6.50. The van der Waals surface area contributed by atoms with Crippen molar-refractivity contribution in [3.05, 3.63) is 34.3 Å². The van der Waals surface area contributed by atoms with Gasteiger partial charge in [0.25, 0.3) is 0 Å². The van der Waals surface area contributed by atoms with Crippen LogP contribution in [0.2, 0.25) is 0 Å². The molecule has 0 saturated carbocycles. The summed E-state index contributed by atoms with van der Waals surface area (Å²) in [5, 5.41) is 0. The molecule has 1 rings (SSSR count). The van der Waals surface area contributed by atoms with Crippen LogP contribution in [0.1, 0.15) is 12.5 Å². The van der Waals surface area contributed by atoms with Gasteiger partial charge < -0.3 is 10.5 Å². The molecule has 0 bridgehead atoms. The van der Waals surface area contributed by atoms with Crippen molar-refractivity contribution in [1.29, 1.82) is 0 Å². The van der Waals surface area contributed by atoms with Gasteiger partial charge in [0.15, 0.2) is 0 Å². The second kappa shape index (κ2) is 4.51. The van der Waals surface area contributed by atoms with E-state index in [1.54, 1.807) is 0 Å². The monoisotopic (exact) mass is 255 g/mol. The molecular formula is C11H14BrNO. The summed E-state index contributed by atoms with van der Waals surface area (Å²) in [5.41, 5.74) is 8.48. The Labute approximate surface area is 92.9 Å².